The lowest BCUT2D eigenvalue weighted by molar-refractivity contribution is 0.610. The number of nitrogens with two attached hydrogens (primary N) is 1. The van der Waals surface area contributed by atoms with Crippen molar-refractivity contribution in [2.45, 2.75) is 13.5 Å². The van der Waals surface area contributed by atoms with Crippen LogP contribution in [-0.4, -0.2) is 0 Å². The maximum Gasteiger partial charge on any atom is 0.130 e. The third kappa shape index (κ3) is 1.56. The molecule has 0 spiro atoms. The van der Waals surface area contributed by atoms with Crippen LogP contribution in [0.3, 0.4) is 0 Å². The minimum Gasteiger partial charge on any atom is -0.326 e. The van der Waals surface area contributed by atoms with Crippen LogP contribution in [0.1, 0.15) is 11.1 Å². The van der Waals surface area contributed by atoms with Gasteiger partial charge in [0.15, 0.2) is 0 Å². The van der Waals surface area contributed by atoms with Crippen LogP contribution in [0.5, 0.6) is 0 Å². The molecule has 12 heavy (non-hydrogen) atoms. The highest BCUT2D eigenvalue weighted by Crippen LogP contribution is 2.29. The number of benzene rings is 1. The van der Waals surface area contributed by atoms with E-state index in [0.29, 0.717) is 21.2 Å². The molecule has 0 aliphatic heterocycles. The van der Waals surface area contributed by atoms with E-state index < -0.39 is 5.82 Å². The molecule has 0 aliphatic carbocycles. The van der Waals surface area contributed by atoms with Crippen LogP contribution in [-0.2, 0) is 6.54 Å². The first-order valence-corrected chi connectivity index (χ1v) is 4.16. The van der Waals surface area contributed by atoms with E-state index in [-0.39, 0.29) is 6.54 Å². The molecule has 1 rings (SSSR count). The zero-order valence-corrected chi connectivity index (χ0v) is 8.01. The summed E-state index contributed by atoms with van der Waals surface area (Å²) in [5, 5.41) is 0.650. The molecule has 1 aromatic rings. The fourth-order valence-corrected chi connectivity index (χ4v) is 1.44. The van der Waals surface area contributed by atoms with Crippen molar-refractivity contribution in [2.24, 2.45) is 5.73 Å². The van der Waals surface area contributed by atoms with Crippen molar-refractivity contribution in [3.8, 4) is 0 Å². The van der Waals surface area contributed by atoms with Gasteiger partial charge < -0.3 is 5.73 Å². The Hall–Kier alpha value is -0.310. The lowest BCUT2D eigenvalue weighted by Crippen LogP contribution is -2.02. The molecule has 0 aliphatic rings. The second-order valence-electron chi connectivity index (χ2n) is 2.46. The van der Waals surface area contributed by atoms with E-state index in [1.165, 1.54) is 6.07 Å². The Labute approximate surface area is 80.3 Å². The van der Waals surface area contributed by atoms with Gasteiger partial charge in [-0.15, -0.1) is 0 Å². The molecule has 1 aromatic carbocycles. The van der Waals surface area contributed by atoms with Gasteiger partial charge in [0.1, 0.15) is 5.82 Å². The third-order valence-corrected chi connectivity index (χ3v) is 2.60. The predicted molar refractivity (Wildman–Crippen MR) is 49.0 cm³/mol. The molecule has 66 valence electrons. The Balaban J connectivity index is 3.40. The van der Waals surface area contributed by atoms with E-state index in [0.717, 1.165) is 0 Å². The van der Waals surface area contributed by atoms with Crippen LogP contribution in [0.25, 0.3) is 0 Å². The fourth-order valence-electron chi connectivity index (χ4n) is 0.930. The Bertz CT molecular complexity index is 312. The largest absolute Gasteiger partial charge is 0.326 e. The van der Waals surface area contributed by atoms with Gasteiger partial charge in [-0.25, -0.2) is 4.39 Å². The molecule has 0 saturated carbocycles. The minimum absolute atomic E-state index is 0.0860. The number of hydrogen-bond donors (Lipinski definition) is 1. The molecule has 0 amide bonds. The standard InChI is InChI=1S/C8H8Cl2FN/c1-4-6(9)2-7(11)5(3-12)8(4)10/h2H,3,12H2,1H3. The summed E-state index contributed by atoms with van der Waals surface area (Å²) in [6.45, 7) is 1.81. The average molecular weight is 208 g/mol. The molecule has 0 unspecified atom stereocenters. The first-order valence-electron chi connectivity index (χ1n) is 3.41. The summed E-state index contributed by atoms with van der Waals surface area (Å²) in [7, 11) is 0. The van der Waals surface area contributed by atoms with Gasteiger partial charge in [0.2, 0.25) is 0 Å². The fraction of sp³-hybridized carbons (Fsp3) is 0.250. The maximum atomic E-state index is 13.0. The first-order chi connectivity index (χ1) is 5.57. The van der Waals surface area contributed by atoms with E-state index >= 15 is 0 Å². The van der Waals surface area contributed by atoms with Crippen molar-refractivity contribution in [3.05, 3.63) is 33.1 Å². The maximum absolute atomic E-state index is 13.0. The second kappa shape index (κ2) is 3.60. The van der Waals surface area contributed by atoms with Crippen LogP contribution in [0.2, 0.25) is 10.0 Å². The summed E-state index contributed by atoms with van der Waals surface area (Å²) in [5.41, 5.74) is 6.29. The highest BCUT2D eigenvalue weighted by Gasteiger charge is 2.11. The zero-order chi connectivity index (χ0) is 9.30. The molecule has 4 heteroatoms. The van der Waals surface area contributed by atoms with Crippen LogP contribution < -0.4 is 5.73 Å². The second-order valence-corrected chi connectivity index (χ2v) is 3.25. The average Bonchev–Trinajstić information content (AvgIpc) is 2.01. The quantitative estimate of drug-likeness (QED) is 0.754. The SMILES string of the molecule is Cc1c(Cl)cc(F)c(CN)c1Cl. The van der Waals surface area contributed by atoms with Crippen LogP contribution in [0, 0.1) is 12.7 Å². The molecule has 0 atom stereocenters. The highest BCUT2D eigenvalue weighted by atomic mass is 35.5. The molecule has 0 aromatic heterocycles. The van der Waals surface area contributed by atoms with Gasteiger partial charge in [0, 0.05) is 17.1 Å². The van der Waals surface area contributed by atoms with Gasteiger partial charge in [0.25, 0.3) is 0 Å². The van der Waals surface area contributed by atoms with E-state index in [9.17, 15) is 4.39 Å². The van der Waals surface area contributed by atoms with Gasteiger partial charge in [-0.3, -0.25) is 0 Å². The number of hydrogen-bond acceptors (Lipinski definition) is 1. The summed E-state index contributed by atoms with van der Waals surface area (Å²) < 4.78 is 13.0. The van der Waals surface area contributed by atoms with Crippen molar-refractivity contribution in [1.82, 2.24) is 0 Å². The van der Waals surface area contributed by atoms with Crippen LogP contribution >= 0.6 is 23.2 Å². The minimum atomic E-state index is -0.446. The molecular formula is C8H8Cl2FN. The lowest BCUT2D eigenvalue weighted by Gasteiger charge is -2.07. The van der Waals surface area contributed by atoms with E-state index in [4.69, 9.17) is 28.9 Å². The molecule has 2 N–H and O–H groups in total. The summed E-state index contributed by atoms with van der Waals surface area (Å²) >= 11 is 11.5. The lowest BCUT2D eigenvalue weighted by atomic mass is 10.1. The smallest absolute Gasteiger partial charge is 0.130 e. The third-order valence-electron chi connectivity index (χ3n) is 1.70. The molecule has 0 heterocycles. The van der Waals surface area contributed by atoms with Crippen LogP contribution in [0.15, 0.2) is 6.07 Å². The van der Waals surface area contributed by atoms with Gasteiger partial charge in [0.05, 0.1) is 5.02 Å². The number of halogens is 3. The van der Waals surface area contributed by atoms with Gasteiger partial charge in [-0.1, -0.05) is 23.2 Å². The number of rotatable bonds is 1. The Morgan fingerprint density at radius 1 is 1.50 bits per heavy atom. The summed E-state index contributed by atoms with van der Waals surface area (Å²) in [6.07, 6.45) is 0. The molecule has 1 nitrogen and oxygen atoms in total. The van der Waals surface area contributed by atoms with E-state index in [1.54, 1.807) is 6.92 Å². The van der Waals surface area contributed by atoms with Gasteiger partial charge in [-0.2, -0.15) is 0 Å². The molecule has 0 saturated heterocycles. The molecule has 0 bridgehead atoms. The molecular weight excluding hydrogens is 200 g/mol. The van der Waals surface area contributed by atoms with E-state index in [2.05, 4.69) is 0 Å². The monoisotopic (exact) mass is 207 g/mol. The van der Waals surface area contributed by atoms with Gasteiger partial charge >= 0.3 is 0 Å². The van der Waals surface area contributed by atoms with Crippen molar-refractivity contribution in [1.29, 1.82) is 0 Å². The first kappa shape index (κ1) is 9.78. The van der Waals surface area contributed by atoms with Crippen molar-refractivity contribution >= 4 is 23.2 Å². The topological polar surface area (TPSA) is 26.0 Å². The Morgan fingerprint density at radius 2 is 2.08 bits per heavy atom. The molecule has 0 radical (unpaired) electrons. The Morgan fingerprint density at radius 3 is 2.58 bits per heavy atom. The van der Waals surface area contributed by atoms with Crippen LogP contribution in [0.4, 0.5) is 4.39 Å². The van der Waals surface area contributed by atoms with Crippen molar-refractivity contribution in [3.63, 3.8) is 0 Å². The predicted octanol–water partition coefficient (Wildman–Crippen LogP) is 2.90. The van der Waals surface area contributed by atoms with Gasteiger partial charge in [-0.05, 0) is 18.6 Å². The summed E-state index contributed by atoms with van der Waals surface area (Å²) in [5.74, 6) is -0.446. The van der Waals surface area contributed by atoms with E-state index in [1.807, 2.05) is 0 Å². The highest BCUT2D eigenvalue weighted by molar-refractivity contribution is 6.36. The van der Waals surface area contributed by atoms with Crippen molar-refractivity contribution in [2.75, 3.05) is 0 Å². The summed E-state index contributed by atoms with van der Waals surface area (Å²) in [4.78, 5) is 0. The molecule has 0 fully saturated rings. The summed E-state index contributed by atoms with van der Waals surface area (Å²) in [6, 6.07) is 1.23. The normalized spacial score (nSPS) is 10.4. The van der Waals surface area contributed by atoms with Crippen molar-refractivity contribution < 1.29 is 4.39 Å². The zero-order valence-electron chi connectivity index (χ0n) is 6.50. The Kier molecular flexibility index (Phi) is 2.94.